The zero-order valence-electron chi connectivity index (χ0n) is 13.7. The van der Waals surface area contributed by atoms with Gasteiger partial charge >= 0.3 is 0 Å². The van der Waals surface area contributed by atoms with Gasteiger partial charge in [0, 0.05) is 17.3 Å². The molecule has 4 heteroatoms. The van der Waals surface area contributed by atoms with Gasteiger partial charge in [-0.05, 0) is 55.0 Å². The summed E-state index contributed by atoms with van der Waals surface area (Å²) in [4.78, 5) is 12.1. The van der Waals surface area contributed by atoms with E-state index in [-0.39, 0.29) is 12.0 Å². The maximum Gasteiger partial charge on any atom is 0.248 e. The zero-order valence-corrected chi connectivity index (χ0v) is 13.7. The van der Waals surface area contributed by atoms with E-state index in [0.29, 0.717) is 0 Å². The molecule has 1 atom stereocenters. The van der Waals surface area contributed by atoms with Gasteiger partial charge in [0.15, 0.2) is 0 Å². The first-order valence-corrected chi connectivity index (χ1v) is 7.76. The molecular formula is C20H19NO3. The Bertz CT molecular complexity index is 791. The van der Waals surface area contributed by atoms with Gasteiger partial charge in [-0.1, -0.05) is 18.2 Å². The van der Waals surface area contributed by atoms with Crippen molar-refractivity contribution >= 4 is 17.7 Å². The average molecular weight is 321 g/mol. The molecule has 1 aliphatic heterocycles. The number of para-hydroxylation sites is 1. The topological polar surface area (TPSA) is 47.6 Å². The van der Waals surface area contributed by atoms with E-state index in [0.717, 1.165) is 28.3 Å². The van der Waals surface area contributed by atoms with Crippen LogP contribution >= 0.6 is 0 Å². The Balaban J connectivity index is 1.68. The third-order valence-electron chi connectivity index (χ3n) is 3.80. The molecule has 2 aromatic carbocycles. The molecule has 0 bridgehead atoms. The average Bonchev–Trinajstić information content (AvgIpc) is 2.60. The Morgan fingerprint density at radius 3 is 2.67 bits per heavy atom. The van der Waals surface area contributed by atoms with Crippen molar-refractivity contribution in [2.45, 2.75) is 13.0 Å². The van der Waals surface area contributed by atoms with Crippen molar-refractivity contribution in [3.8, 4) is 11.5 Å². The van der Waals surface area contributed by atoms with Gasteiger partial charge in [0.1, 0.15) is 17.6 Å². The highest BCUT2D eigenvalue weighted by molar-refractivity contribution is 5.99. The molecule has 1 aliphatic rings. The minimum absolute atomic E-state index is 0.0927. The number of nitrogens with one attached hydrogen (secondary N) is 1. The van der Waals surface area contributed by atoms with Crippen molar-refractivity contribution in [2.75, 3.05) is 12.4 Å². The van der Waals surface area contributed by atoms with Gasteiger partial charge in [-0.3, -0.25) is 4.79 Å². The molecule has 0 aromatic heterocycles. The second-order valence-electron chi connectivity index (χ2n) is 5.49. The van der Waals surface area contributed by atoms with Gasteiger partial charge in [0.2, 0.25) is 5.91 Å². The second kappa shape index (κ2) is 7.04. The summed E-state index contributed by atoms with van der Waals surface area (Å²) < 4.78 is 10.9. The van der Waals surface area contributed by atoms with Crippen LogP contribution in [0.1, 0.15) is 12.5 Å². The number of benzene rings is 2. The molecule has 0 aliphatic carbocycles. The first kappa shape index (κ1) is 15.9. The standard InChI is InChI=1S/C20H19NO3/c1-14-15(13-16-5-3-4-6-19(16)24-14)7-12-20(22)21-17-8-10-18(23-2)11-9-17/h3-14H,1-2H3,(H,21,22). The van der Waals surface area contributed by atoms with E-state index < -0.39 is 0 Å². The quantitative estimate of drug-likeness (QED) is 0.864. The highest BCUT2D eigenvalue weighted by Crippen LogP contribution is 2.29. The fourth-order valence-electron chi connectivity index (χ4n) is 2.48. The van der Waals surface area contributed by atoms with Gasteiger partial charge in [-0.15, -0.1) is 0 Å². The highest BCUT2D eigenvalue weighted by atomic mass is 16.5. The number of hydrogen-bond donors (Lipinski definition) is 1. The van der Waals surface area contributed by atoms with Crippen LogP contribution in [-0.2, 0) is 4.79 Å². The summed E-state index contributed by atoms with van der Waals surface area (Å²) in [6.45, 7) is 1.97. The number of carbonyl (C=O) groups excluding carboxylic acids is 1. The van der Waals surface area contributed by atoms with Crippen molar-refractivity contribution in [3.05, 3.63) is 71.8 Å². The second-order valence-corrected chi connectivity index (χ2v) is 5.49. The van der Waals surface area contributed by atoms with E-state index in [2.05, 4.69) is 5.32 Å². The molecule has 1 amide bonds. The van der Waals surface area contributed by atoms with Gasteiger partial charge < -0.3 is 14.8 Å². The number of fused-ring (bicyclic) bond motifs is 1. The fourth-order valence-corrected chi connectivity index (χ4v) is 2.48. The molecule has 0 saturated heterocycles. The van der Waals surface area contributed by atoms with Crippen LogP contribution in [0, 0.1) is 0 Å². The Labute approximate surface area is 141 Å². The smallest absolute Gasteiger partial charge is 0.248 e. The molecule has 1 N–H and O–H groups in total. The number of methoxy groups -OCH3 is 1. The van der Waals surface area contributed by atoms with E-state index in [9.17, 15) is 4.79 Å². The number of rotatable bonds is 4. The van der Waals surface area contributed by atoms with Crippen LogP contribution in [0.4, 0.5) is 5.69 Å². The maximum atomic E-state index is 12.1. The molecule has 0 spiro atoms. The van der Waals surface area contributed by atoms with E-state index in [4.69, 9.17) is 9.47 Å². The Morgan fingerprint density at radius 1 is 1.17 bits per heavy atom. The van der Waals surface area contributed by atoms with Gasteiger partial charge in [-0.25, -0.2) is 0 Å². The molecule has 0 saturated carbocycles. The van der Waals surface area contributed by atoms with E-state index in [1.54, 1.807) is 37.5 Å². The zero-order chi connectivity index (χ0) is 16.9. The Kier molecular flexibility index (Phi) is 4.66. The predicted octanol–water partition coefficient (Wildman–Crippen LogP) is 4.05. The van der Waals surface area contributed by atoms with Crippen molar-refractivity contribution in [3.63, 3.8) is 0 Å². The van der Waals surface area contributed by atoms with E-state index in [1.165, 1.54) is 6.08 Å². The first-order chi connectivity index (χ1) is 11.7. The molecule has 4 nitrogen and oxygen atoms in total. The molecule has 0 fully saturated rings. The first-order valence-electron chi connectivity index (χ1n) is 7.76. The lowest BCUT2D eigenvalue weighted by Gasteiger charge is -2.22. The van der Waals surface area contributed by atoms with Crippen LogP contribution in [0.3, 0.4) is 0 Å². The number of carbonyl (C=O) groups is 1. The summed E-state index contributed by atoms with van der Waals surface area (Å²) in [5.41, 5.74) is 2.70. The summed E-state index contributed by atoms with van der Waals surface area (Å²) in [5, 5.41) is 2.82. The van der Waals surface area contributed by atoms with Crippen LogP contribution in [0.5, 0.6) is 11.5 Å². The summed E-state index contributed by atoms with van der Waals surface area (Å²) >= 11 is 0. The van der Waals surface area contributed by atoms with Crippen LogP contribution in [-0.4, -0.2) is 19.1 Å². The van der Waals surface area contributed by atoms with Crippen LogP contribution < -0.4 is 14.8 Å². The molecule has 2 aromatic rings. The van der Waals surface area contributed by atoms with Crippen LogP contribution in [0.25, 0.3) is 6.08 Å². The number of hydrogen-bond acceptors (Lipinski definition) is 3. The van der Waals surface area contributed by atoms with Crippen molar-refractivity contribution in [2.24, 2.45) is 0 Å². The summed E-state index contributed by atoms with van der Waals surface area (Å²) in [5.74, 6) is 1.43. The molecule has 1 unspecified atom stereocenters. The van der Waals surface area contributed by atoms with Crippen molar-refractivity contribution in [1.82, 2.24) is 0 Å². The number of amides is 1. The van der Waals surface area contributed by atoms with Crippen LogP contribution in [0.15, 0.2) is 66.3 Å². The van der Waals surface area contributed by atoms with Crippen molar-refractivity contribution in [1.29, 1.82) is 0 Å². The summed E-state index contributed by atoms with van der Waals surface area (Å²) in [7, 11) is 1.61. The largest absolute Gasteiger partial charge is 0.497 e. The molecule has 3 rings (SSSR count). The molecule has 24 heavy (non-hydrogen) atoms. The van der Waals surface area contributed by atoms with E-state index in [1.807, 2.05) is 37.3 Å². The maximum absolute atomic E-state index is 12.1. The third kappa shape index (κ3) is 3.66. The predicted molar refractivity (Wildman–Crippen MR) is 95.3 cm³/mol. The lowest BCUT2D eigenvalue weighted by Crippen LogP contribution is -2.18. The number of ether oxygens (including phenoxy) is 2. The SMILES string of the molecule is COc1ccc(NC(=O)C=CC2=Cc3ccccc3OC2C)cc1. The van der Waals surface area contributed by atoms with Crippen LogP contribution in [0.2, 0.25) is 0 Å². The van der Waals surface area contributed by atoms with Crippen molar-refractivity contribution < 1.29 is 14.3 Å². The Hall–Kier alpha value is -3.01. The Morgan fingerprint density at radius 2 is 1.92 bits per heavy atom. The fraction of sp³-hybridized carbons (Fsp3) is 0.150. The monoisotopic (exact) mass is 321 g/mol. The normalized spacial score (nSPS) is 16.1. The van der Waals surface area contributed by atoms with Gasteiger partial charge in [0.05, 0.1) is 7.11 Å². The number of anilines is 1. The molecule has 122 valence electrons. The minimum atomic E-state index is -0.188. The highest BCUT2D eigenvalue weighted by Gasteiger charge is 2.16. The van der Waals surface area contributed by atoms with Gasteiger partial charge in [0.25, 0.3) is 0 Å². The molecular weight excluding hydrogens is 302 g/mol. The third-order valence-corrected chi connectivity index (χ3v) is 3.80. The molecule has 0 radical (unpaired) electrons. The summed E-state index contributed by atoms with van der Waals surface area (Å²) in [6.07, 6.45) is 5.26. The van der Waals surface area contributed by atoms with E-state index >= 15 is 0 Å². The lowest BCUT2D eigenvalue weighted by molar-refractivity contribution is -0.111. The summed E-state index contributed by atoms with van der Waals surface area (Å²) in [6, 6.07) is 15.0. The lowest BCUT2D eigenvalue weighted by atomic mass is 10.0. The molecule has 1 heterocycles. The van der Waals surface area contributed by atoms with Gasteiger partial charge in [-0.2, -0.15) is 0 Å². The minimum Gasteiger partial charge on any atom is -0.497 e.